The lowest BCUT2D eigenvalue weighted by molar-refractivity contribution is -0.143. The van der Waals surface area contributed by atoms with Gasteiger partial charge in [-0.3, -0.25) is 9.59 Å². The molecule has 1 amide bonds. The van der Waals surface area contributed by atoms with Crippen molar-refractivity contribution in [2.45, 2.75) is 431 Å². The van der Waals surface area contributed by atoms with E-state index in [1.165, 1.54) is 353 Å². The molecular weight excluding hydrogens is 971 g/mol. The fraction of sp³-hybridized carbons (Fsp3) is 0.945. The van der Waals surface area contributed by atoms with E-state index in [2.05, 4.69) is 19.2 Å². The topological polar surface area (TPSA) is 95.9 Å². The van der Waals surface area contributed by atoms with Crippen molar-refractivity contribution >= 4 is 11.9 Å². The van der Waals surface area contributed by atoms with E-state index >= 15 is 0 Å². The number of carbonyl (C=O) groups excluding carboxylic acids is 2. The highest BCUT2D eigenvalue weighted by atomic mass is 16.5. The smallest absolute Gasteiger partial charge is 0.305 e. The molecule has 79 heavy (non-hydrogen) atoms. The molecule has 0 aliphatic rings. The zero-order valence-corrected chi connectivity index (χ0v) is 53.9. The van der Waals surface area contributed by atoms with E-state index in [1.54, 1.807) is 6.08 Å². The highest BCUT2D eigenvalue weighted by molar-refractivity contribution is 5.76. The zero-order chi connectivity index (χ0) is 57.1. The van der Waals surface area contributed by atoms with Crippen molar-refractivity contribution in [2.75, 3.05) is 13.2 Å². The van der Waals surface area contributed by atoms with Crippen molar-refractivity contribution in [3.63, 3.8) is 0 Å². The molecule has 470 valence electrons. The minimum atomic E-state index is -0.837. The number of aliphatic hydroxyl groups is 2. The van der Waals surface area contributed by atoms with E-state index in [0.29, 0.717) is 19.4 Å². The van der Waals surface area contributed by atoms with E-state index in [9.17, 15) is 19.8 Å². The third kappa shape index (κ3) is 65.6. The Labute approximate surface area is 495 Å². The van der Waals surface area contributed by atoms with Gasteiger partial charge in [0.1, 0.15) is 0 Å². The van der Waals surface area contributed by atoms with Gasteiger partial charge in [-0.15, -0.1) is 0 Å². The number of hydrogen-bond donors (Lipinski definition) is 3. The number of aliphatic hydroxyl groups excluding tert-OH is 2. The number of allylic oxidation sites excluding steroid dienone is 1. The number of unbranched alkanes of at least 4 members (excludes halogenated alkanes) is 58. The molecule has 0 saturated heterocycles. The summed E-state index contributed by atoms with van der Waals surface area (Å²) in [5.74, 6) is -0.0357. The molecule has 0 radical (unpaired) electrons. The SMILES string of the molecule is CCCCCCCCC/C=C/C(O)C(CO)NC(=O)CCCCCCCCCCCCCCCCCCCCCCCCCCCCCCCCCCCCCOC(=O)CCCCCCCCCCCCCCCCCCCC. The highest BCUT2D eigenvalue weighted by Crippen LogP contribution is 2.20. The number of esters is 1. The van der Waals surface area contributed by atoms with Crippen LogP contribution in [0.2, 0.25) is 0 Å². The molecular formula is C73H143NO5. The Morgan fingerprint density at radius 3 is 0.861 bits per heavy atom. The maximum absolute atomic E-state index is 12.4. The molecule has 0 aromatic rings. The molecule has 2 atom stereocenters. The van der Waals surface area contributed by atoms with Crippen molar-refractivity contribution in [3.8, 4) is 0 Å². The second kappa shape index (κ2) is 69.1. The average molecular weight is 1110 g/mol. The first-order chi connectivity index (χ1) is 39.0. The van der Waals surface area contributed by atoms with Gasteiger partial charge < -0.3 is 20.3 Å². The summed E-state index contributed by atoms with van der Waals surface area (Å²) in [6.07, 6.45) is 86.2. The number of ether oxygens (including phenoxy) is 1. The van der Waals surface area contributed by atoms with Crippen LogP contribution in [0.4, 0.5) is 0 Å². The number of hydrogen-bond acceptors (Lipinski definition) is 5. The molecule has 0 aromatic heterocycles. The van der Waals surface area contributed by atoms with Crippen molar-refractivity contribution in [3.05, 3.63) is 12.2 Å². The molecule has 0 aliphatic heterocycles. The molecule has 2 unspecified atom stereocenters. The van der Waals surface area contributed by atoms with Crippen molar-refractivity contribution < 1.29 is 24.5 Å². The summed E-state index contributed by atoms with van der Waals surface area (Å²) in [7, 11) is 0. The van der Waals surface area contributed by atoms with Crippen LogP contribution in [0.5, 0.6) is 0 Å². The molecule has 3 N–H and O–H groups in total. The van der Waals surface area contributed by atoms with Gasteiger partial charge in [0.05, 0.1) is 25.4 Å². The maximum Gasteiger partial charge on any atom is 0.305 e. The predicted octanol–water partition coefficient (Wildman–Crippen LogP) is 23.5. The maximum atomic E-state index is 12.4. The van der Waals surface area contributed by atoms with E-state index in [-0.39, 0.29) is 18.5 Å². The van der Waals surface area contributed by atoms with Crippen LogP contribution in [0, 0.1) is 0 Å². The molecule has 0 bridgehead atoms. The van der Waals surface area contributed by atoms with Crippen LogP contribution in [0.15, 0.2) is 12.2 Å². The van der Waals surface area contributed by atoms with E-state index in [0.717, 1.165) is 38.5 Å². The van der Waals surface area contributed by atoms with E-state index in [4.69, 9.17) is 4.74 Å². The summed E-state index contributed by atoms with van der Waals surface area (Å²) < 4.78 is 5.52. The van der Waals surface area contributed by atoms with Gasteiger partial charge in [-0.1, -0.05) is 386 Å². The molecule has 6 heteroatoms. The molecule has 0 saturated carbocycles. The predicted molar refractivity (Wildman–Crippen MR) is 347 cm³/mol. The first kappa shape index (κ1) is 77.6. The van der Waals surface area contributed by atoms with E-state index in [1.807, 2.05) is 6.08 Å². The molecule has 0 spiro atoms. The normalized spacial score (nSPS) is 12.5. The summed E-state index contributed by atoms with van der Waals surface area (Å²) in [4.78, 5) is 24.5. The molecule has 0 fully saturated rings. The van der Waals surface area contributed by atoms with E-state index < -0.39 is 12.1 Å². The lowest BCUT2D eigenvalue weighted by atomic mass is 10.0. The van der Waals surface area contributed by atoms with Gasteiger partial charge in [-0.05, 0) is 32.1 Å². The largest absolute Gasteiger partial charge is 0.466 e. The van der Waals surface area contributed by atoms with Gasteiger partial charge in [0.25, 0.3) is 0 Å². The van der Waals surface area contributed by atoms with Crippen LogP contribution in [0.3, 0.4) is 0 Å². The van der Waals surface area contributed by atoms with Gasteiger partial charge in [0.2, 0.25) is 5.91 Å². The summed E-state index contributed by atoms with van der Waals surface area (Å²) >= 11 is 0. The van der Waals surface area contributed by atoms with Gasteiger partial charge in [0, 0.05) is 12.8 Å². The fourth-order valence-corrected chi connectivity index (χ4v) is 11.8. The lowest BCUT2D eigenvalue weighted by Gasteiger charge is -2.20. The standard InChI is InChI=1S/C73H143NO5/c1-3-5-7-9-11-13-14-15-16-17-38-41-44-47-51-55-59-63-67-73(78)79-68-64-60-56-52-48-45-42-39-36-34-32-30-28-26-24-22-20-18-19-21-23-25-27-29-31-33-35-37-40-43-46-50-54-58-62-66-72(77)74-70(69-75)71(76)65-61-57-53-49-12-10-8-6-4-2/h61,65,70-71,75-76H,3-60,62-64,66-69H2,1-2H3,(H,74,77)/b65-61+. The number of rotatable bonds is 69. The Hall–Kier alpha value is -1.40. The summed E-state index contributed by atoms with van der Waals surface area (Å²) in [6.45, 7) is 4.92. The van der Waals surface area contributed by atoms with Crippen LogP contribution in [0.1, 0.15) is 418 Å². The Balaban J connectivity index is 3.26. The van der Waals surface area contributed by atoms with Crippen LogP contribution in [-0.2, 0) is 14.3 Å². The minimum absolute atomic E-state index is 0.0276. The summed E-state index contributed by atoms with van der Waals surface area (Å²) in [6, 6.07) is -0.621. The second-order valence-electron chi connectivity index (χ2n) is 25.3. The highest BCUT2D eigenvalue weighted by Gasteiger charge is 2.18. The fourth-order valence-electron chi connectivity index (χ4n) is 11.8. The molecule has 0 aliphatic carbocycles. The molecule has 6 nitrogen and oxygen atoms in total. The lowest BCUT2D eigenvalue weighted by Crippen LogP contribution is -2.45. The number of nitrogens with one attached hydrogen (secondary N) is 1. The number of carbonyl (C=O) groups is 2. The quantitative estimate of drug-likeness (QED) is 0.0320. The first-order valence-corrected chi connectivity index (χ1v) is 36.5. The van der Waals surface area contributed by atoms with Crippen LogP contribution >= 0.6 is 0 Å². The van der Waals surface area contributed by atoms with Crippen molar-refractivity contribution in [2.24, 2.45) is 0 Å². The third-order valence-electron chi connectivity index (χ3n) is 17.3. The van der Waals surface area contributed by atoms with Crippen LogP contribution in [0.25, 0.3) is 0 Å². The Morgan fingerprint density at radius 1 is 0.342 bits per heavy atom. The zero-order valence-electron chi connectivity index (χ0n) is 53.9. The second-order valence-corrected chi connectivity index (χ2v) is 25.3. The summed E-state index contributed by atoms with van der Waals surface area (Å²) in [5.41, 5.74) is 0. The van der Waals surface area contributed by atoms with Crippen molar-refractivity contribution in [1.82, 2.24) is 5.32 Å². The first-order valence-electron chi connectivity index (χ1n) is 36.5. The Kier molecular flexibility index (Phi) is 67.9. The third-order valence-corrected chi connectivity index (χ3v) is 17.3. The molecule has 0 rings (SSSR count). The van der Waals surface area contributed by atoms with Gasteiger partial charge in [0.15, 0.2) is 0 Å². The van der Waals surface area contributed by atoms with Gasteiger partial charge in [-0.2, -0.15) is 0 Å². The Bertz CT molecular complexity index is 1190. The van der Waals surface area contributed by atoms with Gasteiger partial charge in [-0.25, -0.2) is 0 Å². The van der Waals surface area contributed by atoms with Crippen LogP contribution in [-0.4, -0.2) is 47.4 Å². The van der Waals surface area contributed by atoms with Crippen LogP contribution < -0.4 is 5.32 Å². The van der Waals surface area contributed by atoms with Crippen molar-refractivity contribution in [1.29, 1.82) is 0 Å². The van der Waals surface area contributed by atoms with Gasteiger partial charge >= 0.3 is 5.97 Å². The number of amides is 1. The molecule has 0 heterocycles. The minimum Gasteiger partial charge on any atom is -0.466 e. The molecule has 0 aromatic carbocycles. The average Bonchev–Trinajstić information content (AvgIpc) is 3.45. The Morgan fingerprint density at radius 2 is 0.582 bits per heavy atom. The monoisotopic (exact) mass is 1110 g/mol. The summed E-state index contributed by atoms with van der Waals surface area (Å²) in [5, 5.41) is 23.0.